The summed E-state index contributed by atoms with van der Waals surface area (Å²) in [4.78, 5) is 29.5. The Labute approximate surface area is 215 Å². The van der Waals surface area contributed by atoms with E-state index in [1.165, 1.54) is 6.34 Å². The van der Waals surface area contributed by atoms with Crippen LogP contribution in [-0.2, 0) is 9.59 Å². The maximum atomic E-state index is 12.9. The van der Waals surface area contributed by atoms with Crippen LogP contribution < -0.4 is 10.6 Å². The van der Waals surface area contributed by atoms with Crippen LogP contribution in [0.1, 0.15) is 49.3 Å². The lowest BCUT2D eigenvalue weighted by atomic mass is 10.0. The summed E-state index contributed by atoms with van der Waals surface area (Å²) < 4.78 is 0. The maximum absolute atomic E-state index is 12.9. The third kappa shape index (κ3) is 9.66. The first-order valence-electron chi connectivity index (χ1n) is 13.0. The second kappa shape index (κ2) is 15.5. The van der Waals surface area contributed by atoms with Crippen LogP contribution in [-0.4, -0.2) is 67.2 Å². The Balaban J connectivity index is 1.63. The van der Waals surface area contributed by atoms with Crippen molar-refractivity contribution in [3.63, 3.8) is 0 Å². The van der Waals surface area contributed by atoms with Crippen molar-refractivity contribution in [2.75, 3.05) is 39.3 Å². The molecule has 3 N–H and O–H groups in total. The first-order chi connectivity index (χ1) is 17.7. The summed E-state index contributed by atoms with van der Waals surface area (Å²) in [6.45, 7) is 4.14. The highest BCUT2D eigenvalue weighted by Gasteiger charge is 2.16. The molecule has 7 nitrogen and oxygen atoms in total. The molecule has 1 aliphatic rings. The van der Waals surface area contributed by atoms with Crippen molar-refractivity contribution < 1.29 is 9.59 Å². The topological polar surface area (TPSA) is 88.5 Å². The van der Waals surface area contributed by atoms with Crippen LogP contribution in [0.2, 0.25) is 0 Å². The van der Waals surface area contributed by atoms with E-state index in [-0.39, 0.29) is 17.9 Å². The zero-order chi connectivity index (χ0) is 25.4. The van der Waals surface area contributed by atoms with Gasteiger partial charge in [-0.25, -0.2) is 0 Å². The predicted molar refractivity (Wildman–Crippen MR) is 146 cm³/mol. The van der Waals surface area contributed by atoms with E-state index in [2.05, 4.69) is 10.6 Å². The molecule has 2 aromatic carbocycles. The van der Waals surface area contributed by atoms with Gasteiger partial charge >= 0.3 is 0 Å². The number of rotatable bonds is 4. The number of amides is 2. The quantitative estimate of drug-likeness (QED) is 0.346. The molecule has 3 rings (SSSR count). The molecular formula is C29H39N5O2. The highest BCUT2D eigenvalue weighted by atomic mass is 16.2. The second-order valence-corrected chi connectivity index (χ2v) is 9.12. The number of nitrogens with zero attached hydrogens (tertiary/aromatic N) is 2. The smallest absolute Gasteiger partial charge is 0.246 e. The van der Waals surface area contributed by atoms with Gasteiger partial charge in [-0.2, -0.15) is 0 Å². The normalized spacial score (nSPS) is 19.4. The summed E-state index contributed by atoms with van der Waals surface area (Å²) in [5.74, 6) is -0.0102. The van der Waals surface area contributed by atoms with Gasteiger partial charge in [-0.3, -0.25) is 15.0 Å². The van der Waals surface area contributed by atoms with Gasteiger partial charge in [0.15, 0.2) is 0 Å². The van der Waals surface area contributed by atoms with E-state index in [4.69, 9.17) is 5.41 Å². The molecule has 0 saturated carbocycles. The van der Waals surface area contributed by atoms with Gasteiger partial charge in [0.05, 0.1) is 6.34 Å². The van der Waals surface area contributed by atoms with Crippen molar-refractivity contribution in [2.45, 2.75) is 38.1 Å². The molecule has 1 fully saturated rings. The van der Waals surface area contributed by atoms with Crippen molar-refractivity contribution in [3.8, 4) is 0 Å². The van der Waals surface area contributed by atoms with Gasteiger partial charge in [0.1, 0.15) is 0 Å². The molecule has 0 spiro atoms. The Morgan fingerprint density at radius 3 is 2.25 bits per heavy atom. The number of nitrogens with one attached hydrogen (secondary N) is 3. The molecular weight excluding hydrogens is 450 g/mol. The summed E-state index contributed by atoms with van der Waals surface area (Å²) in [6, 6.07) is 19.8. The Bertz CT molecular complexity index is 964. The van der Waals surface area contributed by atoms with Crippen molar-refractivity contribution in [3.05, 3.63) is 77.9 Å². The van der Waals surface area contributed by atoms with Gasteiger partial charge in [0, 0.05) is 51.3 Å². The molecule has 0 aromatic heterocycles. The lowest BCUT2D eigenvalue weighted by molar-refractivity contribution is -0.126. The highest BCUT2D eigenvalue weighted by Crippen LogP contribution is 2.16. The Hall–Kier alpha value is -3.45. The Morgan fingerprint density at radius 2 is 1.50 bits per heavy atom. The van der Waals surface area contributed by atoms with E-state index in [9.17, 15) is 9.59 Å². The van der Waals surface area contributed by atoms with Crippen molar-refractivity contribution in [1.82, 2.24) is 20.4 Å². The van der Waals surface area contributed by atoms with E-state index in [0.29, 0.717) is 32.5 Å². The zero-order valence-electron chi connectivity index (χ0n) is 21.1. The molecule has 1 saturated heterocycles. The Morgan fingerprint density at radius 1 is 0.861 bits per heavy atom. The van der Waals surface area contributed by atoms with Gasteiger partial charge < -0.3 is 20.4 Å². The second-order valence-electron chi connectivity index (χ2n) is 9.12. The summed E-state index contributed by atoms with van der Waals surface area (Å²) in [6.07, 6.45) is 8.62. The minimum atomic E-state index is -0.0588. The highest BCUT2D eigenvalue weighted by molar-refractivity contribution is 5.91. The van der Waals surface area contributed by atoms with E-state index in [1.807, 2.05) is 76.5 Å². The number of carbonyl (C=O) groups excluding carboxylic acids is 2. The van der Waals surface area contributed by atoms with Crippen molar-refractivity contribution in [2.24, 2.45) is 0 Å². The van der Waals surface area contributed by atoms with Gasteiger partial charge in [-0.15, -0.1) is 0 Å². The third-order valence-corrected chi connectivity index (χ3v) is 6.37. The fourth-order valence-electron chi connectivity index (χ4n) is 4.33. The number of hydrogen-bond donors (Lipinski definition) is 3. The van der Waals surface area contributed by atoms with Crippen LogP contribution in [0.5, 0.6) is 0 Å². The molecule has 1 heterocycles. The van der Waals surface area contributed by atoms with E-state index < -0.39 is 0 Å². The minimum Gasteiger partial charge on any atom is -0.363 e. The van der Waals surface area contributed by atoms with Crippen LogP contribution in [0.25, 0.3) is 6.08 Å². The average Bonchev–Trinajstić information content (AvgIpc) is 2.92. The van der Waals surface area contributed by atoms with Crippen LogP contribution in [0.15, 0.2) is 66.7 Å². The largest absolute Gasteiger partial charge is 0.363 e. The fraction of sp³-hybridized carbons (Fsp3) is 0.414. The fourth-order valence-corrected chi connectivity index (χ4v) is 4.33. The van der Waals surface area contributed by atoms with E-state index >= 15 is 0 Å². The van der Waals surface area contributed by atoms with E-state index in [0.717, 1.165) is 50.0 Å². The molecule has 0 bridgehead atoms. The van der Waals surface area contributed by atoms with Crippen molar-refractivity contribution in [1.29, 1.82) is 5.41 Å². The first-order valence-corrected chi connectivity index (χ1v) is 13.0. The summed E-state index contributed by atoms with van der Waals surface area (Å²) >= 11 is 0. The summed E-state index contributed by atoms with van der Waals surface area (Å²) in [7, 11) is 0. The monoisotopic (exact) mass is 489 g/mol. The Kier molecular flexibility index (Phi) is 11.7. The predicted octanol–water partition coefficient (Wildman–Crippen LogP) is 3.85. The summed E-state index contributed by atoms with van der Waals surface area (Å²) in [5, 5.41) is 14.3. The van der Waals surface area contributed by atoms with Crippen LogP contribution >= 0.6 is 0 Å². The van der Waals surface area contributed by atoms with Gasteiger partial charge in [0.25, 0.3) is 0 Å². The molecule has 7 heteroatoms. The molecule has 2 amide bonds. The van der Waals surface area contributed by atoms with Gasteiger partial charge in [-0.05, 0) is 49.4 Å². The molecule has 36 heavy (non-hydrogen) atoms. The van der Waals surface area contributed by atoms with Gasteiger partial charge in [-0.1, -0.05) is 60.7 Å². The van der Waals surface area contributed by atoms with Crippen LogP contribution in [0.3, 0.4) is 0 Å². The standard InChI is InChI=1S/C29H39N5O2/c30-24-33-19-7-8-21-34(29(36)16-15-25-11-3-1-4-12-25)22-10-18-32-28(35)23-27(31-17-9-20-33)26-13-5-2-6-14-26/h1-6,11-16,24,27,30-31H,7-10,17-23H2,(H,32,35). The lowest BCUT2D eigenvalue weighted by Crippen LogP contribution is -2.35. The molecule has 192 valence electrons. The summed E-state index contributed by atoms with van der Waals surface area (Å²) in [5.41, 5.74) is 2.09. The lowest BCUT2D eigenvalue weighted by Gasteiger charge is -2.23. The average molecular weight is 490 g/mol. The van der Waals surface area contributed by atoms with E-state index in [1.54, 1.807) is 6.08 Å². The zero-order valence-corrected chi connectivity index (χ0v) is 21.1. The molecule has 1 unspecified atom stereocenters. The first kappa shape index (κ1) is 27.1. The molecule has 0 radical (unpaired) electrons. The SMILES string of the molecule is N=CN1CCCCN(C(=O)C=Cc2ccccc2)CCCNC(=O)CC(c2ccccc2)NCCC1. The van der Waals surface area contributed by atoms with Gasteiger partial charge in [0.2, 0.25) is 11.8 Å². The maximum Gasteiger partial charge on any atom is 0.246 e. The van der Waals surface area contributed by atoms with Crippen molar-refractivity contribution >= 4 is 24.2 Å². The minimum absolute atomic E-state index is 0.00337. The number of hydrogen-bond acceptors (Lipinski definition) is 4. The molecule has 1 atom stereocenters. The molecule has 1 aliphatic heterocycles. The van der Waals surface area contributed by atoms with Crippen LogP contribution in [0, 0.1) is 5.41 Å². The van der Waals surface area contributed by atoms with Crippen LogP contribution in [0.4, 0.5) is 0 Å². The number of carbonyl (C=O) groups is 2. The third-order valence-electron chi connectivity index (χ3n) is 6.37. The molecule has 2 aromatic rings. The molecule has 0 aliphatic carbocycles. The number of benzene rings is 2.